The van der Waals surface area contributed by atoms with Crippen LogP contribution >= 0.6 is 47.2 Å². The minimum absolute atomic E-state index is 0. The number of hydrogen-bond acceptors (Lipinski definition) is 4. The molecule has 4 nitrogen and oxygen atoms in total. The molecule has 1 N–H and O–H groups in total. The average molecular weight is 470 g/mol. The highest BCUT2D eigenvalue weighted by atomic mass is 127. The summed E-state index contributed by atoms with van der Waals surface area (Å²) in [5.74, 6) is 0.968. The van der Waals surface area contributed by atoms with Gasteiger partial charge in [0.2, 0.25) is 0 Å². The number of likely N-dealkylation sites (N-methyl/N-ethyl adjacent to an activating group) is 1. The van der Waals surface area contributed by atoms with Crippen LogP contribution in [0.5, 0.6) is 0 Å². The molecule has 0 unspecified atom stereocenters. The molecule has 2 aliphatic heterocycles. The average Bonchev–Trinajstić information content (AvgIpc) is 2.91. The minimum atomic E-state index is -0.0358. The molecule has 128 valence electrons. The van der Waals surface area contributed by atoms with Crippen molar-refractivity contribution in [1.82, 2.24) is 10.2 Å². The van der Waals surface area contributed by atoms with Gasteiger partial charge in [0.25, 0.3) is 0 Å². The second-order valence-electron chi connectivity index (χ2n) is 6.00. The number of nitrogens with one attached hydrogen (secondary N) is 1. The zero-order valence-electron chi connectivity index (χ0n) is 13.1. The maximum absolute atomic E-state index is 6.48. The Bertz CT molecular complexity index is 576. The summed E-state index contributed by atoms with van der Waals surface area (Å²) in [6, 6.07) is 5.80. The molecule has 3 rings (SSSR count). The Balaban J connectivity index is 0.00000192. The molecule has 1 aromatic carbocycles. The van der Waals surface area contributed by atoms with Crippen LogP contribution in [-0.4, -0.2) is 50.8 Å². The van der Waals surface area contributed by atoms with E-state index in [-0.39, 0.29) is 29.4 Å². The van der Waals surface area contributed by atoms with Gasteiger partial charge in [-0.05, 0) is 30.5 Å². The van der Waals surface area contributed by atoms with Gasteiger partial charge in [-0.3, -0.25) is 4.99 Å². The van der Waals surface area contributed by atoms with Gasteiger partial charge in [0.05, 0.1) is 6.54 Å². The van der Waals surface area contributed by atoms with E-state index in [1.807, 2.05) is 12.1 Å². The molecule has 2 aliphatic rings. The molecule has 1 fully saturated rings. The van der Waals surface area contributed by atoms with Crippen LogP contribution in [0.1, 0.15) is 18.4 Å². The molecular formula is C16H22Cl2IN3O. The lowest BCUT2D eigenvalue weighted by Gasteiger charge is -2.39. The number of rotatable bonds is 3. The summed E-state index contributed by atoms with van der Waals surface area (Å²) >= 11 is 12.5. The van der Waals surface area contributed by atoms with E-state index in [1.54, 1.807) is 0 Å². The molecule has 7 heteroatoms. The number of ether oxygens (including phenoxy) is 1. The van der Waals surface area contributed by atoms with Crippen molar-refractivity contribution in [2.24, 2.45) is 4.99 Å². The van der Waals surface area contributed by atoms with E-state index in [0.29, 0.717) is 5.02 Å². The summed E-state index contributed by atoms with van der Waals surface area (Å²) in [5.41, 5.74) is 1.11. The highest BCUT2D eigenvalue weighted by Crippen LogP contribution is 2.39. The zero-order valence-corrected chi connectivity index (χ0v) is 17.0. The van der Waals surface area contributed by atoms with Crippen LogP contribution in [0.2, 0.25) is 10.0 Å². The Morgan fingerprint density at radius 1 is 1.30 bits per heavy atom. The predicted molar refractivity (Wildman–Crippen MR) is 107 cm³/mol. The second-order valence-corrected chi connectivity index (χ2v) is 6.84. The molecule has 1 aromatic rings. The molecule has 0 spiro atoms. The van der Waals surface area contributed by atoms with Crippen molar-refractivity contribution in [3.05, 3.63) is 33.8 Å². The van der Waals surface area contributed by atoms with E-state index in [2.05, 4.69) is 28.3 Å². The van der Waals surface area contributed by atoms with E-state index < -0.39 is 0 Å². The summed E-state index contributed by atoms with van der Waals surface area (Å²) in [7, 11) is 2.06. The number of nitrogens with zero attached hydrogens (tertiary/aromatic N) is 2. The topological polar surface area (TPSA) is 36.9 Å². The smallest absolute Gasteiger partial charge is 0.193 e. The third-order valence-electron chi connectivity index (χ3n) is 4.60. The van der Waals surface area contributed by atoms with E-state index in [4.69, 9.17) is 27.9 Å². The maximum atomic E-state index is 6.48. The first-order valence-electron chi connectivity index (χ1n) is 7.63. The van der Waals surface area contributed by atoms with Crippen LogP contribution in [0, 0.1) is 0 Å². The van der Waals surface area contributed by atoms with Crippen molar-refractivity contribution in [3.8, 4) is 0 Å². The Hall–Kier alpha value is -0.240. The molecule has 0 amide bonds. The normalized spacial score (nSPS) is 20.0. The SMILES string of the molecule is CN1CCN=C1NCC1(c2ccc(Cl)cc2Cl)CCOCC1.I. The van der Waals surface area contributed by atoms with Gasteiger partial charge in [-0.15, -0.1) is 24.0 Å². The molecule has 0 bridgehead atoms. The van der Waals surface area contributed by atoms with Gasteiger partial charge < -0.3 is 15.0 Å². The van der Waals surface area contributed by atoms with E-state index in [0.717, 1.165) is 62.2 Å². The first-order valence-corrected chi connectivity index (χ1v) is 8.39. The molecule has 0 saturated carbocycles. The van der Waals surface area contributed by atoms with Crippen LogP contribution in [0.25, 0.3) is 0 Å². The van der Waals surface area contributed by atoms with Gasteiger partial charge in [0, 0.05) is 48.8 Å². The van der Waals surface area contributed by atoms with Crippen LogP contribution in [0.3, 0.4) is 0 Å². The van der Waals surface area contributed by atoms with Crippen LogP contribution in [0.15, 0.2) is 23.2 Å². The highest BCUT2D eigenvalue weighted by molar-refractivity contribution is 14.0. The van der Waals surface area contributed by atoms with Gasteiger partial charge in [-0.2, -0.15) is 0 Å². The number of halogens is 3. The molecule has 0 atom stereocenters. The quantitative estimate of drug-likeness (QED) is 0.688. The lowest BCUT2D eigenvalue weighted by atomic mass is 9.74. The Labute approximate surface area is 164 Å². The van der Waals surface area contributed by atoms with Gasteiger partial charge in [-0.25, -0.2) is 0 Å². The van der Waals surface area contributed by atoms with E-state index in [1.165, 1.54) is 0 Å². The number of benzene rings is 1. The molecule has 2 heterocycles. The minimum Gasteiger partial charge on any atom is -0.381 e. The van der Waals surface area contributed by atoms with E-state index in [9.17, 15) is 0 Å². The van der Waals surface area contributed by atoms with E-state index >= 15 is 0 Å². The Kier molecular flexibility index (Phi) is 6.83. The summed E-state index contributed by atoms with van der Waals surface area (Å²) < 4.78 is 5.57. The van der Waals surface area contributed by atoms with Crippen molar-refractivity contribution >= 4 is 53.1 Å². The zero-order chi connectivity index (χ0) is 15.6. The summed E-state index contributed by atoms with van der Waals surface area (Å²) in [4.78, 5) is 6.66. The first kappa shape index (κ1) is 19.1. The molecular weight excluding hydrogens is 448 g/mol. The van der Waals surface area contributed by atoms with Crippen molar-refractivity contribution in [3.63, 3.8) is 0 Å². The fourth-order valence-corrected chi connectivity index (χ4v) is 3.80. The third-order valence-corrected chi connectivity index (χ3v) is 5.14. The predicted octanol–water partition coefficient (Wildman–Crippen LogP) is 3.55. The Morgan fingerprint density at radius 2 is 2.04 bits per heavy atom. The molecule has 0 aliphatic carbocycles. The second kappa shape index (κ2) is 8.23. The van der Waals surface area contributed by atoms with Crippen molar-refractivity contribution < 1.29 is 4.74 Å². The van der Waals surface area contributed by atoms with Crippen LogP contribution in [-0.2, 0) is 10.2 Å². The summed E-state index contributed by atoms with van der Waals surface area (Å²) in [6.07, 6.45) is 1.89. The number of aliphatic imine (C=N–C) groups is 1. The lowest BCUT2D eigenvalue weighted by Crippen LogP contribution is -2.47. The Morgan fingerprint density at radius 3 is 2.65 bits per heavy atom. The van der Waals surface area contributed by atoms with Crippen LogP contribution < -0.4 is 5.32 Å². The standard InChI is InChI=1S/C16H21Cl2N3O.HI/c1-21-7-6-19-15(21)20-11-16(4-8-22-9-5-16)13-3-2-12(17)10-14(13)18;/h2-3,10H,4-9,11H2,1H3,(H,19,20);1H. The summed E-state index contributed by atoms with van der Waals surface area (Å²) in [5, 5.41) is 4.92. The van der Waals surface area contributed by atoms with Gasteiger partial charge in [-0.1, -0.05) is 29.3 Å². The fourth-order valence-electron chi connectivity index (χ4n) is 3.19. The lowest BCUT2D eigenvalue weighted by molar-refractivity contribution is 0.0513. The maximum Gasteiger partial charge on any atom is 0.193 e. The highest BCUT2D eigenvalue weighted by Gasteiger charge is 2.36. The number of guanidine groups is 1. The van der Waals surface area contributed by atoms with Gasteiger partial charge in [0.1, 0.15) is 0 Å². The largest absolute Gasteiger partial charge is 0.381 e. The van der Waals surface area contributed by atoms with Gasteiger partial charge >= 0.3 is 0 Å². The molecule has 1 saturated heterocycles. The monoisotopic (exact) mass is 469 g/mol. The molecule has 0 aromatic heterocycles. The van der Waals surface area contributed by atoms with Crippen molar-refractivity contribution in [1.29, 1.82) is 0 Å². The fraction of sp³-hybridized carbons (Fsp3) is 0.562. The molecule has 23 heavy (non-hydrogen) atoms. The third kappa shape index (κ3) is 4.24. The van der Waals surface area contributed by atoms with Crippen molar-refractivity contribution in [2.75, 3.05) is 39.9 Å². The first-order chi connectivity index (χ1) is 10.6. The summed E-state index contributed by atoms with van der Waals surface area (Å²) in [6.45, 7) is 4.14. The van der Waals surface area contributed by atoms with Crippen LogP contribution in [0.4, 0.5) is 0 Å². The van der Waals surface area contributed by atoms with Crippen molar-refractivity contribution in [2.45, 2.75) is 18.3 Å². The number of hydrogen-bond donors (Lipinski definition) is 1. The van der Waals surface area contributed by atoms with Gasteiger partial charge in [0.15, 0.2) is 5.96 Å². The molecule has 0 radical (unpaired) electrons.